The molecule has 0 saturated heterocycles. The van der Waals surface area contributed by atoms with E-state index in [4.69, 9.17) is 5.11 Å². The summed E-state index contributed by atoms with van der Waals surface area (Å²) in [6.07, 6.45) is 2.82. The zero-order chi connectivity index (χ0) is 14.8. The largest absolute Gasteiger partial charge is 0.477 e. The maximum absolute atomic E-state index is 12.0. The summed E-state index contributed by atoms with van der Waals surface area (Å²) < 4.78 is 0.857. The molecular formula is C14H9N3O3S. The summed E-state index contributed by atoms with van der Waals surface area (Å²) in [4.78, 5) is 23.2. The number of nitrogens with one attached hydrogen (secondary N) is 1. The monoisotopic (exact) mass is 299 g/mol. The Balaban J connectivity index is 1.87. The van der Waals surface area contributed by atoms with Crippen molar-refractivity contribution >= 4 is 39.0 Å². The summed E-state index contributed by atoms with van der Waals surface area (Å²) in [5.41, 5.74) is 1.00. The fourth-order valence-electron chi connectivity index (χ4n) is 1.85. The van der Waals surface area contributed by atoms with Crippen molar-refractivity contribution in [3.8, 4) is 0 Å². The van der Waals surface area contributed by atoms with Gasteiger partial charge in [-0.15, -0.1) is 11.3 Å². The number of amides is 1. The van der Waals surface area contributed by atoms with E-state index in [1.54, 1.807) is 30.3 Å². The quantitative estimate of drug-likeness (QED) is 0.775. The second-order valence-electron chi connectivity index (χ2n) is 4.25. The Hall–Kier alpha value is -2.80. The molecule has 0 unspecified atom stereocenters. The zero-order valence-corrected chi connectivity index (χ0v) is 11.4. The number of carbonyl (C=O) groups is 2. The predicted octanol–water partition coefficient (Wildman–Crippen LogP) is 2.64. The average molecular weight is 299 g/mol. The number of benzene rings is 1. The van der Waals surface area contributed by atoms with Gasteiger partial charge in [-0.25, -0.2) is 4.79 Å². The third kappa shape index (κ3) is 2.72. The Morgan fingerprint density at radius 1 is 1.14 bits per heavy atom. The molecule has 7 heteroatoms. The average Bonchev–Trinajstić information content (AvgIpc) is 2.91. The molecule has 21 heavy (non-hydrogen) atoms. The van der Waals surface area contributed by atoms with Crippen molar-refractivity contribution in [2.45, 2.75) is 0 Å². The van der Waals surface area contributed by atoms with E-state index in [9.17, 15) is 9.59 Å². The molecule has 0 spiro atoms. The smallest absolute Gasteiger partial charge is 0.345 e. The summed E-state index contributed by atoms with van der Waals surface area (Å²) in [5, 5.41) is 19.8. The second kappa shape index (κ2) is 5.29. The highest BCUT2D eigenvalue weighted by Gasteiger charge is 2.10. The highest BCUT2D eigenvalue weighted by atomic mass is 32.1. The van der Waals surface area contributed by atoms with Gasteiger partial charge in [-0.3, -0.25) is 4.79 Å². The molecule has 2 aromatic heterocycles. The van der Waals surface area contributed by atoms with Crippen LogP contribution in [0.2, 0.25) is 0 Å². The van der Waals surface area contributed by atoms with Crippen LogP contribution in [0.3, 0.4) is 0 Å². The molecule has 2 N–H and O–H groups in total. The van der Waals surface area contributed by atoms with E-state index in [-0.39, 0.29) is 10.8 Å². The number of carbonyl (C=O) groups excluding carboxylic acids is 1. The lowest BCUT2D eigenvalue weighted by molar-refractivity contribution is 0.0702. The first-order valence-corrected chi connectivity index (χ1v) is 6.80. The van der Waals surface area contributed by atoms with Crippen LogP contribution in [-0.4, -0.2) is 27.2 Å². The lowest BCUT2D eigenvalue weighted by Crippen LogP contribution is -2.12. The summed E-state index contributed by atoms with van der Waals surface area (Å²) in [5.74, 6) is -1.25. The van der Waals surface area contributed by atoms with Crippen molar-refractivity contribution in [3.63, 3.8) is 0 Å². The fourth-order valence-corrected chi connectivity index (χ4v) is 2.74. The number of aromatic carboxylic acids is 1. The van der Waals surface area contributed by atoms with E-state index in [0.29, 0.717) is 11.3 Å². The van der Waals surface area contributed by atoms with E-state index >= 15 is 0 Å². The summed E-state index contributed by atoms with van der Waals surface area (Å²) in [6.45, 7) is 0. The third-order valence-electron chi connectivity index (χ3n) is 2.83. The lowest BCUT2D eigenvalue weighted by atomic mass is 10.2. The second-order valence-corrected chi connectivity index (χ2v) is 5.34. The van der Waals surface area contributed by atoms with Gasteiger partial charge < -0.3 is 10.4 Å². The molecule has 0 saturated carbocycles. The fraction of sp³-hybridized carbons (Fsp3) is 0. The van der Waals surface area contributed by atoms with Gasteiger partial charge in [0.25, 0.3) is 5.91 Å². The van der Waals surface area contributed by atoms with Crippen molar-refractivity contribution in [2.75, 3.05) is 5.32 Å². The number of nitrogens with zero attached hydrogens (tertiary/aromatic N) is 2. The number of hydrogen-bond donors (Lipinski definition) is 2. The molecule has 3 aromatic rings. The van der Waals surface area contributed by atoms with Gasteiger partial charge in [0.2, 0.25) is 0 Å². The summed E-state index contributed by atoms with van der Waals surface area (Å²) >= 11 is 1.20. The van der Waals surface area contributed by atoms with Crippen molar-refractivity contribution in [1.29, 1.82) is 0 Å². The predicted molar refractivity (Wildman–Crippen MR) is 78.8 cm³/mol. The van der Waals surface area contributed by atoms with Crippen LogP contribution in [0.4, 0.5) is 5.69 Å². The molecule has 1 amide bonds. The van der Waals surface area contributed by atoms with Gasteiger partial charge in [0.05, 0.1) is 18.0 Å². The molecule has 0 atom stereocenters. The molecule has 0 aliphatic heterocycles. The lowest BCUT2D eigenvalue weighted by Gasteiger charge is -2.04. The molecule has 0 radical (unpaired) electrons. The van der Waals surface area contributed by atoms with Crippen molar-refractivity contribution in [2.24, 2.45) is 0 Å². The molecular weight excluding hydrogens is 290 g/mol. The topological polar surface area (TPSA) is 92.2 Å². The van der Waals surface area contributed by atoms with Crippen LogP contribution >= 0.6 is 11.3 Å². The summed E-state index contributed by atoms with van der Waals surface area (Å²) in [7, 11) is 0. The van der Waals surface area contributed by atoms with Crippen LogP contribution in [-0.2, 0) is 0 Å². The van der Waals surface area contributed by atoms with E-state index < -0.39 is 5.97 Å². The van der Waals surface area contributed by atoms with E-state index in [1.165, 1.54) is 23.7 Å². The Kier molecular flexibility index (Phi) is 3.33. The maximum atomic E-state index is 12.0. The number of anilines is 1. The molecule has 0 aliphatic carbocycles. The summed E-state index contributed by atoms with van der Waals surface area (Å²) in [6, 6.07) is 8.41. The molecule has 1 aromatic carbocycles. The Morgan fingerprint density at radius 2 is 2.00 bits per heavy atom. The van der Waals surface area contributed by atoms with Gasteiger partial charge in [-0.1, -0.05) is 0 Å². The first-order valence-electron chi connectivity index (χ1n) is 5.98. The highest BCUT2D eigenvalue weighted by Crippen LogP contribution is 2.28. The first-order chi connectivity index (χ1) is 10.1. The number of aromatic nitrogens is 2. The van der Waals surface area contributed by atoms with Gasteiger partial charge in [-0.2, -0.15) is 10.2 Å². The zero-order valence-electron chi connectivity index (χ0n) is 10.6. The third-order valence-corrected chi connectivity index (χ3v) is 3.94. The minimum atomic E-state index is -0.954. The van der Waals surface area contributed by atoms with Crippen LogP contribution in [0, 0.1) is 0 Å². The first kappa shape index (κ1) is 13.2. The number of rotatable bonds is 3. The molecule has 3 rings (SSSR count). The van der Waals surface area contributed by atoms with E-state index in [1.807, 2.05) is 0 Å². The number of carboxylic acids is 1. The van der Waals surface area contributed by atoms with Crippen LogP contribution < -0.4 is 5.32 Å². The minimum absolute atomic E-state index is 0.270. The van der Waals surface area contributed by atoms with Crippen molar-refractivity contribution in [1.82, 2.24) is 10.2 Å². The molecule has 0 aliphatic rings. The highest BCUT2D eigenvalue weighted by molar-refractivity contribution is 7.20. The van der Waals surface area contributed by atoms with E-state index in [2.05, 4.69) is 15.5 Å². The molecule has 6 nitrogen and oxygen atoms in total. The Labute approximate surface area is 123 Å². The number of fused-ring (bicyclic) bond motifs is 1. The standard InChI is InChI=1S/C14H9N3O3S/c18-13(8-3-4-15-16-7-8)17-10-1-2-11-9(5-10)6-12(21-11)14(19)20/h1-7H,(H,17,18)(H,19,20). The normalized spacial score (nSPS) is 10.5. The number of thiophene rings is 1. The van der Waals surface area contributed by atoms with Crippen molar-refractivity contribution in [3.05, 3.63) is 53.2 Å². The van der Waals surface area contributed by atoms with Crippen LogP contribution in [0.25, 0.3) is 10.1 Å². The maximum Gasteiger partial charge on any atom is 0.345 e. The SMILES string of the molecule is O=C(Nc1ccc2sc(C(=O)O)cc2c1)c1ccnnc1. The van der Waals surface area contributed by atoms with Gasteiger partial charge in [0, 0.05) is 10.4 Å². The van der Waals surface area contributed by atoms with Gasteiger partial charge >= 0.3 is 5.97 Å². The minimum Gasteiger partial charge on any atom is -0.477 e. The Morgan fingerprint density at radius 3 is 2.71 bits per heavy atom. The van der Waals surface area contributed by atoms with Crippen LogP contribution in [0.15, 0.2) is 42.7 Å². The molecule has 0 bridgehead atoms. The van der Waals surface area contributed by atoms with Gasteiger partial charge in [-0.05, 0) is 35.7 Å². The Bertz CT molecular complexity index is 830. The molecule has 0 fully saturated rings. The number of hydrogen-bond acceptors (Lipinski definition) is 5. The van der Waals surface area contributed by atoms with Crippen LogP contribution in [0.5, 0.6) is 0 Å². The van der Waals surface area contributed by atoms with Crippen molar-refractivity contribution < 1.29 is 14.7 Å². The van der Waals surface area contributed by atoms with Gasteiger partial charge in [0.15, 0.2) is 0 Å². The molecule has 104 valence electrons. The number of carboxylic acid groups (broad SMARTS) is 1. The van der Waals surface area contributed by atoms with E-state index in [0.717, 1.165) is 10.1 Å². The van der Waals surface area contributed by atoms with Gasteiger partial charge in [0.1, 0.15) is 4.88 Å². The van der Waals surface area contributed by atoms with Crippen LogP contribution in [0.1, 0.15) is 20.0 Å². The molecule has 2 heterocycles.